The van der Waals surface area contributed by atoms with E-state index >= 15 is 0 Å². The van der Waals surface area contributed by atoms with E-state index in [1.165, 1.54) is 0 Å². The molecule has 0 aliphatic carbocycles. The monoisotopic (exact) mass is 336 g/mol. The van der Waals surface area contributed by atoms with Crippen molar-refractivity contribution in [3.8, 4) is 11.5 Å². The van der Waals surface area contributed by atoms with Gasteiger partial charge in [-0.15, -0.1) is 0 Å². The summed E-state index contributed by atoms with van der Waals surface area (Å²) in [7, 11) is 3.22. The van der Waals surface area contributed by atoms with Crippen LogP contribution < -0.4 is 20.1 Å². The average molecular weight is 337 g/mol. The number of methoxy groups -OCH3 is 2. The summed E-state index contributed by atoms with van der Waals surface area (Å²) in [6, 6.07) is 11.0. The molecule has 0 unspecified atom stereocenters. The molecule has 0 fully saturated rings. The molecule has 0 aromatic heterocycles. The summed E-state index contributed by atoms with van der Waals surface area (Å²) < 4.78 is 10.5. The van der Waals surface area contributed by atoms with Gasteiger partial charge in [0.05, 0.1) is 19.9 Å². The molecule has 0 saturated carbocycles. The van der Waals surface area contributed by atoms with Gasteiger partial charge >= 0.3 is 0 Å². The molecule has 0 amide bonds. The number of halogens is 1. The summed E-state index contributed by atoms with van der Waals surface area (Å²) in [4.78, 5) is 0. The summed E-state index contributed by atoms with van der Waals surface area (Å²) in [5, 5.41) is 7.27. The van der Waals surface area contributed by atoms with Crippen LogP contribution in [0.3, 0.4) is 0 Å². The molecule has 2 aromatic rings. The van der Waals surface area contributed by atoms with Gasteiger partial charge < -0.3 is 20.1 Å². The second kappa shape index (κ2) is 7.33. The van der Waals surface area contributed by atoms with Crippen molar-refractivity contribution in [2.45, 2.75) is 6.92 Å². The van der Waals surface area contributed by atoms with E-state index in [2.05, 4.69) is 10.6 Å². The lowest BCUT2D eigenvalue weighted by molar-refractivity contribution is 0.415. The second-order valence-corrected chi connectivity index (χ2v) is 5.45. The number of aryl methyl sites for hydroxylation is 1. The Balaban J connectivity index is 2.15. The van der Waals surface area contributed by atoms with Gasteiger partial charge in [0.25, 0.3) is 0 Å². The second-order valence-electron chi connectivity index (χ2n) is 4.60. The Hall–Kier alpha value is -1.98. The van der Waals surface area contributed by atoms with Crippen LogP contribution in [0.2, 0.25) is 5.02 Å². The number of hydrogen-bond donors (Lipinski definition) is 2. The number of nitrogens with one attached hydrogen (secondary N) is 2. The Morgan fingerprint density at radius 1 is 1.00 bits per heavy atom. The Morgan fingerprint density at radius 3 is 2.41 bits per heavy atom. The van der Waals surface area contributed by atoms with Gasteiger partial charge in [0, 0.05) is 16.8 Å². The molecule has 0 aliphatic heterocycles. The van der Waals surface area contributed by atoms with Gasteiger partial charge in [-0.1, -0.05) is 17.7 Å². The minimum atomic E-state index is 0.442. The molecule has 0 heterocycles. The van der Waals surface area contributed by atoms with E-state index in [1.807, 2.05) is 25.1 Å². The fraction of sp³-hybridized carbons (Fsp3) is 0.188. The highest BCUT2D eigenvalue weighted by molar-refractivity contribution is 7.80. The molecular formula is C16H17ClN2O2S. The van der Waals surface area contributed by atoms with Crippen molar-refractivity contribution < 1.29 is 9.47 Å². The highest BCUT2D eigenvalue weighted by atomic mass is 35.5. The third-order valence-electron chi connectivity index (χ3n) is 3.10. The molecule has 4 nitrogen and oxygen atoms in total. The normalized spacial score (nSPS) is 10.0. The van der Waals surface area contributed by atoms with Crippen molar-refractivity contribution in [3.05, 3.63) is 47.0 Å². The fourth-order valence-electron chi connectivity index (χ4n) is 1.92. The van der Waals surface area contributed by atoms with Crippen LogP contribution >= 0.6 is 23.8 Å². The van der Waals surface area contributed by atoms with E-state index in [0.717, 1.165) is 17.0 Å². The van der Waals surface area contributed by atoms with Gasteiger partial charge in [-0.3, -0.25) is 0 Å². The first-order chi connectivity index (χ1) is 10.5. The van der Waals surface area contributed by atoms with E-state index in [-0.39, 0.29) is 0 Å². The maximum absolute atomic E-state index is 6.01. The lowest BCUT2D eigenvalue weighted by Gasteiger charge is -2.15. The van der Waals surface area contributed by atoms with Crippen LogP contribution in [-0.4, -0.2) is 19.3 Å². The summed E-state index contributed by atoms with van der Waals surface area (Å²) in [6.45, 7) is 1.99. The molecule has 0 aliphatic rings. The number of hydrogen-bond acceptors (Lipinski definition) is 3. The molecule has 0 saturated heterocycles. The molecule has 6 heteroatoms. The van der Waals surface area contributed by atoms with Gasteiger partial charge in [-0.05, 0) is 49.0 Å². The highest BCUT2D eigenvalue weighted by Crippen LogP contribution is 2.28. The third kappa shape index (κ3) is 4.02. The van der Waals surface area contributed by atoms with E-state index in [9.17, 15) is 0 Å². The van der Waals surface area contributed by atoms with E-state index in [4.69, 9.17) is 33.3 Å². The maximum Gasteiger partial charge on any atom is 0.175 e. The molecule has 116 valence electrons. The van der Waals surface area contributed by atoms with Crippen molar-refractivity contribution in [1.82, 2.24) is 0 Å². The van der Waals surface area contributed by atoms with Crippen molar-refractivity contribution in [2.24, 2.45) is 0 Å². The highest BCUT2D eigenvalue weighted by Gasteiger charge is 2.08. The van der Waals surface area contributed by atoms with Gasteiger partial charge in [-0.25, -0.2) is 0 Å². The molecule has 0 bridgehead atoms. The summed E-state index contributed by atoms with van der Waals surface area (Å²) in [5.74, 6) is 1.42. The third-order valence-corrected chi connectivity index (χ3v) is 3.54. The number of benzene rings is 2. The van der Waals surface area contributed by atoms with E-state index in [1.54, 1.807) is 32.4 Å². The number of rotatable bonds is 4. The Morgan fingerprint density at radius 2 is 1.73 bits per heavy atom. The maximum atomic E-state index is 6.01. The molecule has 2 N–H and O–H groups in total. The molecule has 2 rings (SSSR count). The zero-order chi connectivity index (χ0) is 16.1. The summed E-state index contributed by atoms with van der Waals surface area (Å²) in [5.41, 5.74) is 2.63. The fourth-order valence-corrected chi connectivity index (χ4v) is 2.31. The minimum Gasteiger partial charge on any atom is -0.497 e. The van der Waals surface area contributed by atoms with E-state index in [0.29, 0.717) is 21.6 Å². The van der Waals surface area contributed by atoms with Crippen LogP contribution in [0.25, 0.3) is 0 Å². The Kier molecular flexibility index (Phi) is 5.46. The first-order valence-corrected chi connectivity index (χ1v) is 7.38. The van der Waals surface area contributed by atoms with Gasteiger partial charge in [0.15, 0.2) is 5.11 Å². The van der Waals surface area contributed by atoms with Crippen molar-refractivity contribution >= 4 is 40.3 Å². The van der Waals surface area contributed by atoms with Gasteiger partial charge in [0.1, 0.15) is 11.5 Å². The zero-order valence-corrected chi connectivity index (χ0v) is 14.1. The predicted molar refractivity (Wildman–Crippen MR) is 95.6 cm³/mol. The van der Waals surface area contributed by atoms with Crippen molar-refractivity contribution in [2.75, 3.05) is 24.9 Å². The molecule has 0 radical (unpaired) electrons. The number of anilines is 2. The van der Waals surface area contributed by atoms with Gasteiger partial charge in [0.2, 0.25) is 0 Å². The lowest BCUT2D eigenvalue weighted by Crippen LogP contribution is -2.20. The summed E-state index contributed by atoms with van der Waals surface area (Å²) in [6.07, 6.45) is 0. The molecular weight excluding hydrogens is 320 g/mol. The largest absolute Gasteiger partial charge is 0.497 e. The van der Waals surface area contributed by atoms with Crippen molar-refractivity contribution in [3.63, 3.8) is 0 Å². The quantitative estimate of drug-likeness (QED) is 0.806. The first-order valence-electron chi connectivity index (χ1n) is 6.59. The van der Waals surface area contributed by atoms with Crippen molar-refractivity contribution in [1.29, 1.82) is 0 Å². The molecule has 0 atom stereocenters. The predicted octanol–water partition coefficient (Wildman–Crippen LogP) is 4.47. The Labute approximate surface area is 140 Å². The number of ether oxygens (including phenoxy) is 2. The van der Waals surface area contributed by atoms with Crippen LogP contribution in [0.4, 0.5) is 11.4 Å². The van der Waals surface area contributed by atoms with E-state index < -0.39 is 0 Å². The first kappa shape index (κ1) is 16.4. The van der Waals surface area contributed by atoms with Crippen LogP contribution in [-0.2, 0) is 0 Å². The van der Waals surface area contributed by atoms with Crippen LogP contribution in [0.15, 0.2) is 36.4 Å². The molecule has 0 spiro atoms. The van der Waals surface area contributed by atoms with Crippen LogP contribution in [0.5, 0.6) is 11.5 Å². The lowest BCUT2D eigenvalue weighted by atomic mass is 10.2. The van der Waals surface area contributed by atoms with Crippen LogP contribution in [0, 0.1) is 6.92 Å². The smallest absolute Gasteiger partial charge is 0.175 e. The molecule has 2 aromatic carbocycles. The Bertz CT molecular complexity index is 692. The minimum absolute atomic E-state index is 0.442. The zero-order valence-electron chi connectivity index (χ0n) is 12.6. The summed E-state index contributed by atoms with van der Waals surface area (Å²) >= 11 is 11.4. The standard InChI is InChI=1S/C16H17ClN2O2S/c1-10-4-6-12(20-2)9-13(10)18-16(22)19-14-8-11(17)5-7-15(14)21-3/h4-9H,1-3H3,(H2,18,19,22). The molecule has 22 heavy (non-hydrogen) atoms. The number of thiocarbonyl (C=S) groups is 1. The van der Waals surface area contributed by atoms with Gasteiger partial charge in [-0.2, -0.15) is 0 Å². The SMILES string of the molecule is COc1ccc(C)c(NC(=S)Nc2cc(Cl)ccc2OC)c1. The van der Waals surface area contributed by atoms with Crippen LogP contribution in [0.1, 0.15) is 5.56 Å². The topological polar surface area (TPSA) is 42.5 Å². The average Bonchev–Trinajstić information content (AvgIpc) is 2.49.